The molecular formula is C15H20FN3O3. The molecule has 22 heavy (non-hydrogen) atoms. The lowest BCUT2D eigenvalue weighted by Gasteiger charge is -2.34. The second kappa shape index (κ2) is 7.22. The lowest BCUT2D eigenvalue weighted by atomic mass is 10.1. The number of methoxy groups -OCH3 is 1. The topological polar surface area (TPSA) is 70.7 Å². The van der Waals surface area contributed by atoms with Gasteiger partial charge in [0.2, 0.25) is 11.8 Å². The molecular weight excluding hydrogens is 289 g/mol. The van der Waals surface area contributed by atoms with Gasteiger partial charge in [-0.1, -0.05) is 6.07 Å². The second-order valence-corrected chi connectivity index (χ2v) is 5.11. The van der Waals surface area contributed by atoms with E-state index in [1.54, 1.807) is 12.1 Å². The first kappa shape index (κ1) is 16.2. The summed E-state index contributed by atoms with van der Waals surface area (Å²) in [5, 5.41) is 5.24. The Balaban J connectivity index is 2.14. The van der Waals surface area contributed by atoms with Gasteiger partial charge in [-0.2, -0.15) is 0 Å². The monoisotopic (exact) mass is 309 g/mol. The molecule has 7 heteroatoms. The average molecular weight is 309 g/mol. The highest BCUT2D eigenvalue weighted by atomic mass is 19.1. The number of amides is 2. The van der Waals surface area contributed by atoms with Gasteiger partial charge in [-0.05, 0) is 6.07 Å². The first-order chi connectivity index (χ1) is 10.5. The van der Waals surface area contributed by atoms with E-state index >= 15 is 0 Å². The fourth-order valence-corrected chi connectivity index (χ4v) is 2.45. The van der Waals surface area contributed by atoms with Crippen molar-refractivity contribution in [3.8, 4) is 5.75 Å². The summed E-state index contributed by atoms with van der Waals surface area (Å²) in [6.07, 6.45) is 0.0557. The standard InChI is InChI=1S/C15H20FN3O3/c1-17-14(20)8-13-15(21)18-5-6-19(13)9-10-3-4-11(22-2)7-12(10)16/h3-4,7,13H,5-6,8-9H2,1-2H3,(H,17,20)(H,18,21)/t13-/m1/s1. The predicted octanol–water partition coefficient (Wildman–Crippen LogP) is 0.271. The summed E-state index contributed by atoms with van der Waals surface area (Å²) < 4.78 is 19.0. The number of carbonyl (C=O) groups is 2. The molecule has 1 fully saturated rings. The summed E-state index contributed by atoms with van der Waals surface area (Å²) in [4.78, 5) is 25.4. The summed E-state index contributed by atoms with van der Waals surface area (Å²) >= 11 is 0. The van der Waals surface area contributed by atoms with Crippen molar-refractivity contribution < 1.29 is 18.7 Å². The van der Waals surface area contributed by atoms with Crippen LogP contribution in [-0.2, 0) is 16.1 Å². The highest BCUT2D eigenvalue weighted by molar-refractivity contribution is 5.88. The van der Waals surface area contributed by atoms with Crippen LogP contribution in [0, 0.1) is 5.82 Å². The molecule has 1 atom stereocenters. The number of piperazine rings is 1. The van der Waals surface area contributed by atoms with Crippen molar-refractivity contribution in [2.75, 3.05) is 27.2 Å². The maximum Gasteiger partial charge on any atom is 0.237 e. The van der Waals surface area contributed by atoms with Crippen molar-refractivity contribution in [2.24, 2.45) is 0 Å². The number of nitrogens with one attached hydrogen (secondary N) is 2. The number of ether oxygens (including phenoxy) is 1. The van der Waals surface area contributed by atoms with Crippen LogP contribution in [0.3, 0.4) is 0 Å². The Hall–Kier alpha value is -2.15. The Labute approximate surface area is 128 Å². The SMILES string of the molecule is CNC(=O)C[C@@H]1C(=O)NCCN1Cc1ccc(OC)cc1F. The number of hydrogen-bond donors (Lipinski definition) is 2. The van der Waals surface area contributed by atoms with Gasteiger partial charge in [0.1, 0.15) is 11.6 Å². The zero-order valence-corrected chi connectivity index (χ0v) is 12.7. The molecule has 1 heterocycles. The van der Waals surface area contributed by atoms with Crippen molar-refractivity contribution >= 4 is 11.8 Å². The molecule has 2 amide bonds. The maximum atomic E-state index is 14.1. The summed E-state index contributed by atoms with van der Waals surface area (Å²) in [5.74, 6) is -0.366. The minimum absolute atomic E-state index is 0.0557. The number of rotatable bonds is 5. The molecule has 0 radical (unpaired) electrons. The smallest absolute Gasteiger partial charge is 0.237 e. The van der Waals surface area contributed by atoms with Gasteiger partial charge in [-0.3, -0.25) is 14.5 Å². The predicted molar refractivity (Wildman–Crippen MR) is 78.8 cm³/mol. The van der Waals surface area contributed by atoms with Crippen LogP contribution in [0.15, 0.2) is 18.2 Å². The Morgan fingerprint density at radius 1 is 1.55 bits per heavy atom. The summed E-state index contributed by atoms with van der Waals surface area (Å²) in [6.45, 7) is 1.32. The average Bonchev–Trinajstić information content (AvgIpc) is 2.52. The number of nitrogens with zero attached hydrogens (tertiary/aromatic N) is 1. The Morgan fingerprint density at radius 2 is 2.32 bits per heavy atom. The van der Waals surface area contributed by atoms with Crippen LogP contribution in [0.4, 0.5) is 4.39 Å². The third-order valence-electron chi connectivity index (χ3n) is 3.73. The first-order valence-electron chi connectivity index (χ1n) is 7.10. The van der Waals surface area contributed by atoms with E-state index in [0.29, 0.717) is 24.4 Å². The number of halogens is 1. The van der Waals surface area contributed by atoms with Crippen LogP contribution in [0.2, 0.25) is 0 Å². The van der Waals surface area contributed by atoms with Crippen molar-refractivity contribution in [2.45, 2.75) is 19.0 Å². The van der Waals surface area contributed by atoms with Crippen LogP contribution >= 0.6 is 0 Å². The Kier molecular flexibility index (Phi) is 5.32. The first-order valence-corrected chi connectivity index (χ1v) is 7.10. The molecule has 120 valence electrons. The number of carbonyl (C=O) groups excluding carboxylic acids is 2. The molecule has 0 unspecified atom stereocenters. The van der Waals surface area contributed by atoms with Gasteiger partial charge in [0.05, 0.1) is 19.6 Å². The summed E-state index contributed by atoms with van der Waals surface area (Å²) in [7, 11) is 3.00. The normalized spacial score (nSPS) is 18.7. The molecule has 2 N–H and O–H groups in total. The molecule has 6 nitrogen and oxygen atoms in total. The molecule has 0 bridgehead atoms. The summed E-state index contributed by atoms with van der Waals surface area (Å²) in [6, 6.07) is 4.04. The Morgan fingerprint density at radius 3 is 2.95 bits per heavy atom. The van der Waals surface area contributed by atoms with Gasteiger partial charge in [0.25, 0.3) is 0 Å². The molecule has 1 aromatic rings. The van der Waals surface area contributed by atoms with E-state index in [4.69, 9.17) is 4.74 Å². The van der Waals surface area contributed by atoms with Crippen LogP contribution in [0.1, 0.15) is 12.0 Å². The fraction of sp³-hybridized carbons (Fsp3) is 0.467. The zero-order chi connectivity index (χ0) is 16.1. The molecule has 1 aromatic carbocycles. The Bertz CT molecular complexity index is 565. The minimum atomic E-state index is -0.588. The quantitative estimate of drug-likeness (QED) is 0.819. The highest BCUT2D eigenvalue weighted by Gasteiger charge is 2.31. The maximum absolute atomic E-state index is 14.1. The van der Waals surface area contributed by atoms with Gasteiger partial charge < -0.3 is 15.4 Å². The molecule has 1 aliphatic heterocycles. The van der Waals surface area contributed by atoms with Gasteiger partial charge in [0.15, 0.2) is 0 Å². The number of hydrogen-bond acceptors (Lipinski definition) is 4. The third kappa shape index (κ3) is 3.73. The van der Waals surface area contributed by atoms with E-state index < -0.39 is 6.04 Å². The lowest BCUT2D eigenvalue weighted by molar-refractivity contribution is -0.134. The van der Waals surface area contributed by atoms with Gasteiger partial charge in [-0.15, -0.1) is 0 Å². The van der Waals surface area contributed by atoms with Crippen molar-refractivity contribution in [1.82, 2.24) is 15.5 Å². The van der Waals surface area contributed by atoms with E-state index in [0.717, 1.165) is 0 Å². The second-order valence-electron chi connectivity index (χ2n) is 5.11. The molecule has 1 saturated heterocycles. The van der Waals surface area contributed by atoms with E-state index in [1.807, 2.05) is 4.90 Å². The van der Waals surface area contributed by atoms with Gasteiger partial charge in [-0.25, -0.2) is 4.39 Å². The van der Waals surface area contributed by atoms with E-state index in [1.165, 1.54) is 20.2 Å². The van der Waals surface area contributed by atoms with Crippen LogP contribution in [0.25, 0.3) is 0 Å². The molecule has 2 rings (SSSR count). The lowest BCUT2D eigenvalue weighted by Crippen LogP contribution is -2.56. The van der Waals surface area contributed by atoms with Crippen molar-refractivity contribution in [3.63, 3.8) is 0 Å². The van der Waals surface area contributed by atoms with E-state index in [2.05, 4.69) is 10.6 Å². The van der Waals surface area contributed by atoms with Gasteiger partial charge in [0, 0.05) is 38.3 Å². The largest absolute Gasteiger partial charge is 0.497 e. The molecule has 0 aromatic heterocycles. The van der Waals surface area contributed by atoms with Crippen LogP contribution in [0.5, 0.6) is 5.75 Å². The molecule has 1 aliphatic rings. The van der Waals surface area contributed by atoms with Crippen LogP contribution in [-0.4, -0.2) is 50.0 Å². The van der Waals surface area contributed by atoms with E-state index in [9.17, 15) is 14.0 Å². The van der Waals surface area contributed by atoms with Crippen molar-refractivity contribution in [3.05, 3.63) is 29.6 Å². The van der Waals surface area contributed by atoms with E-state index in [-0.39, 0.29) is 30.6 Å². The number of benzene rings is 1. The molecule has 0 aliphatic carbocycles. The highest BCUT2D eigenvalue weighted by Crippen LogP contribution is 2.20. The third-order valence-corrected chi connectivity index (χ3v) is 3.73. The molecule has 0 spiro atoms. The molecule has 0 saturated carbocycles. The van der Waals surface area contributed by atoms with Gasteiger partial charge >= 0.3 is 0 Å². The fourth-order valence-electron chi connectivity index (χ4n) is 2.45. The van der Waals surface area contributed by atoms with Crippen LogP contribution < -0.4 is 15.4 Å². The minimum Gasteiger partial charge on any atom is -0.497 e. The summed E-state index contributed by atoms with van der Waals surface area (Å²) in [5.41, 5.74) is 0.470. The zero-order valence-electron chi connectivity index (χ0n) is 12.7. The van der Waals surface area contributed by atoms with Crippen molar-refractivity contribution in [1.29, 1.82) is 0 Å².